The summed E-state index contributed by atoms with van der Waals surface area (Å²) in [5, 5.41) is 5.75. The van der Waals surface area contributed by atoms with Gasteiger partial charge in [-0.25, -0.2) is 0 Å². The average molecular weight is 555 g/mol. The van der Waals surface area contributed by atoms with Gasteiger partial charge in [-0.15, -0.1) is 0 Å². The summed E-state index contributed by atoms with van der Waals surface area (Å²) in [7, 11) is 4.25. The van der Waals surface area contributed by atoms with Crippen molar-refractivity contribution < 1.29 is 31.1 Å². The Bertz CT molecular complexity index is 441. The quantitative estimate of drug-likeness (QED) is 0.462. The molecule has 0 aromatic rings. The number of nitrogens with zero attached hydrogens (tertiary/aromatic N) is 4. The van der Waals surface area contributed by atoms with E-state index >= 15 is 0 Å². The number of amidine groups is 2. The van der Waals surface area contributed by atoms with Gasteiger partial charge in [0, 0.05) is 91.6 Å². The molecule has 2 saturated heterocycles. The normalized spacial score (nSPS) is 22.0. The number of hydrogen-bond acceptors (Lipinski definition) is 5. The Balaban J connectivity index is 0.000000379. The van der Waals surface area contributed by atoms with Crippen LogP contribution in [0.15, 0.2) is 9.98 Å². The van der Waals surface area contributed by atoms with Gasteiger partial charge in [-0.2, -0.15) is 0 Å². The fourth-order valence-electron chi connectivity index (χ4n) is 3.54. The predicted molar refractivity (Wildman–Crippen MR) is 102 cm³/mol. The van der Waals surface area contributed by atoms with Gasteiger partial charge in [-0.1, -0.05) is 6.42 Å². The first kappa shape index (κ1) is 20.2. The molecule has 24 heavy (non-hydrogen) atoms. The molecule has 4 aliphatic rings. The van der Waals surface area contributed by atoms with Crippen molar-refractivity contribution >= 4 is 27.6 Å². The van der Waals surface area contributed by atoms with Crippen molar-refractivity contribution in [3.8, 4) is 0 Å². The summed E-state index contributed by atoms with van der Waals surface area (Å²) in [4.78, 5) is 13.9. The second-order valence-corrected chi connectivity index (χ2v) is 6.19. The van der Waals surface area contributed by atoms with Crippen molar-refractivity contribution in [1.29, 1.82) is 7.98 Å². The summed E-state index contributed by atoms with van der Waals surface area (Å²) in [6.45, 7) is 7.20. The van der Waals surface area contributed by atoms with E-state index in [0.29, 0.717) is 7.60 Å². The third-order valence-electron chi connectivity index (χ3n) is 4.65. The minimum absolute atomic E-state index is 0. The van der Waals surface area contributed by atoms with Crippen LogP contribution in [0.5, 0.6) is 0 Å². The van der Waals surface area contributed by atoms with Gasteiger partial charge in [0.05, 0.1) is 11.7 Å². The van der Waals surface area contributed by atoms with Crippen LogP contribution < -0.4 is 0 Å². The van der Waals surface area contributed by atoms with E-state index in [1.54, 1.807) is 0 Å². The summed E-state index contributed by atoms with van der Waals surface area (Å²) >= 11 is 0. The third-order valence-corrected chi connectivity index (χ3v) is 4.65. The van der Waals surface area contributed by atoms with Gasteiger partial charge in [0.15, 0.2) is 0 Å². The van der Waals surface area contributed by atoms with Crippen molar-refractivity contribution in [1.82, 2.24) is 9.80 Å². The molecule has 0 amide bonds. The number of fused-ring (bicyclic) bond motifs is 2. The molecule has 0 unspecified atom stereocenters. The largest absolute Gasteiger partial charge is 0.0379 e. The fraction of sp³-hybridized carbons (Fsp3) is 0.875. The number of nitrogens with one attached hydrogen (secondary N) is 1. The number of aliphatic imine (C=N–C) groups is 2. The summed E-state index contributed by atoms with van der Waals surface area (Å²) < 4.78 is 11.0. The topological polar surface area (TPSA) is 55.1 Å². The molecule has 0 atom stereocenters. The van der Waals surface area contributed by atoms with Crippen molar-refractivity contribution in [3.05, 3.63) is 0 Å². The van der Waals surface area contributed by atoms with Crippen LogP contribution in [0.3, 0.4) is 0 Å². The van der Waals surface area contributed by atoms with Crippen LogP contribution in [0.25, 0.3) is 0 Å². The molecule has 2 fully saturated rings. The number of hydrogen-bond donors (Lipinski definition) is 1. The first-order valence-electron chi connectivity index (χ1n) is 9.94. The second kappa shape index (κ2) is 14.1. The summed E-state index contributed by atoms with van der Waals surface area (Å²) in [6, 6.07) is 0. The molecule has 130 valence electrons. The average Bonchev–Trinajstić information content (AvgIpc) is 3.02. The zero-order chi connectivity index (χ0) is 18.3. The van der Waals surface area contributed by atoms with Crippen LogP contribution in [-0.4, -0.2) is 79.4 Å². The van der Waals surface area contributed by atoms with Crippen molar-refractivity contribution in [2.75, 3.05) is 39.3 Å². The van der Waals surface area contributed by atoms with Gasteiger partial charge in [-0.05, 0) is 33.4 Å². The van der Waals surface area contributed by atoms with Crippen LogP contribution in [0, 0.1) is 36.4 Å². The zero-order valence-corrected chi connectivity index (χ0v) is 19.0. The van der Waals surface area contributed by atoms with Crippen molar-refractivity contribution in [2.45, 2.75) is 51.4 Å². The summed E-state index contributed by atoms with van der Waals surface area (Å²) in [5.74, 6) is 2.77. The summed E-state index contributed by atoms with van der Waals surface area (Å²) in [6.07, 6.45) is 10.5. The molecule has 2 radical (unpaired) electrons. The van der Waals surface area contributed by atoms with Gasteiger partial charge in [0.1, 0.15) is 0 Å². The molecule has 4 rings (SSSR count). The van der Waals surface area contributed by atoms with E-state index in [4.69, 9.17) is 7.98 Å². The second-order valence-electron chi connectivity index (χ2n) is 6.19. The van der Waals surface area contributed by atoms with Crippen molar-refractivity contribution in [2.24, 2.45) is 9.98 Å². The molecule has 8 heteroatoms. The fourth-order valence-corrected chi connectivity index (χ4v) is 3.54. The molecule has 4 aliphatic heterocycles. The van der Waals surface area contributed by atoms with Gasteiger partial charge >= 0.3 is 14.3 Å². The minimum atomic E-state index is 0. The predicted octanol–water partition coefficient (Wildman–Crippen LogP) is 1.55. The maximum Gasteiger partial charge on any atom is 0.0379 e. The summed E-state index contributed by atoms with van der Waals surface area (Å²) in [5.41, 5.74) is 0. The van der Waals surface area contributed by atoms with E-state index < -0.39 is 0 Å². The van der Waals surface area contributed by atoms with Gasteiger partial charge < -0.3 is 9.80 Å². The maximum absolute atomic E-state index is 5.75. The van der Waals surface area contributed by atoms with Gasteiger partial charge in [0.2, 0.25) is 0 Å². The van der Waals surface area contributed by atoms with Crippen LogP contribution in [0.4, 0.5) is 0 Å². The van der Waals surface area contributed by atoms with Gasteiger partial charge in [-0.3, -0.25) is 9.98 Å². The first-order chi connectivity index (χ1) is 12.3. The van der Waals surface area contributed by atoms with Crippen LogP contribution >= 0.6 is 0 Å². The van der Waals surface area contributed by atoms with Crippen LogP contribution in [0.1, 0.15) is 51.4 Å². The first-order valence-corrected chi connectivity index (χ1v) is 8.79. The van der Waals surface area contributed by atoms with E-state index in [9.17, 15) is 0 Å². The molecule has 4 heterocycles. The molecular formula is C16H31B2N5U. The van der Waals surface area contributed by atoms with E-state index in [0.717, 1.165) is 13.1 Å². The molecule has 0 aliphatic carbocycles. The maximum atomic E-state index is 5.75. The smallest absolute Gasteiger partial charge is 0.0379 e. The molecule has 0 spiro atoms. The molecule has 0 bridgehead atoms. The Labute approximate surface area is 176 Å². The number of rotatable bonds is 0. The molecule has 1 N–H and O–H groups in total. The van der Waals surface area contributed by atoms with Crippen molar-refractivity contribution in [3.63, 3.8) is 0 Å². The Kier molecular flexibility index (Phi) is 11.9. The zero-order valence-electron chi connectivity index (χ0n) is 16.8. The van der Waals surface area contributed by atoms with E-state index in [1.807, 2.05) is 0 Å². The monoisotopic (exact) mass is 555 g/mol. The molecule has 0 aromatic heterocycles. The van der Waals surface area contributed by atoms with Gasteiger partial charge in [0.25, 0.3) is 0 Å². The van der Waals surface area contributed by atoms with Crippen LogP contribution in [0.2, 0.25) is 0 Å². The van der Waals surface area contributed by atoms with E-state index in [-0.39, 0.29) is 31.1 Å². The molecule has 5 nitrogen and oxygen atoms in total. The molecule has 0 aromatic carbocycles. The Morgan fingerprint density at radius 1 is 0.833 bits per heavy atom. The Morgan fingerprint density at radius 2 is 1.29 bits per heavy atom. The SMILES string of the molecule is C1CCC2=NCCCN2CC1.C1CN=C2CCCN2C1.[2H]B=N.[2H][B].[U]. The van der Waals surface area contributed by atoms with E-state index in [1.165, 1.54) is 89.2 Å². The standard InChI is InChI=1S/C9H16N2.C7H12N2.BH2N.BH.U/c1-2-5-9-10-6-4-8-11(9)7-3-1;1-3-7-8-4-2-6-9(7)5-1;1-2;;/h1-8H2;1-6H2;1-2H;1H;/i;;2*1D;. The Morgan fingerprint density at radius 3 is 1.88 bits per heavy atom. The molecular weight excluding hydrogens is 522 g/mol. The Hall–Kier alpha value is -0.0782. The van der Waals surface area contributed by atoms with E-state index in [2.05, 4.69) is 28.2 Å². The van der Waals surface area contributed by atoms with Crippen LogP contribution in [-0.2, 0) is 0 Å². The third kappa shape index (κ3) is 7.44. The molecule has 0 saturated carbocycles. The minimum Gasteiger partial charge on any atom is -0.0379 e.